The molecule has 1 aliphatic heterocycles. The molecule has 1 amide bonds. The first-order chi connectivity index (χ1) is 18.3. The Bertz CT molecular complexity index is 1570. The number of aromatic nitrogens is 4. The van der Waals surface area contributed by atoms with Gasteiger partial charge in [-0.1, -0.05) is 41.6 Å². The highest BCUT2D eigenvalue weighted by Crippen LogP contribution is 2.31. The molecule has 1 saturated heterocycles. The molecule has 0 saturated carbocycles. The number of hydrogen-bond donors (Lipinski definition) is 1. The fourth-order valence-electron chi connectivity index (χ4n) is 4.64. The first-order valence-electron chi connectivity index (χ1n) is 12.2. The fourth-order valence-corrected chi connectivity index (χ4v) is 5.26. The summed E-state index contributed by atoms with van der Waals surface area (Å²) >= 11 is 8.16. The van der Waals surface area contributed by atoms with Gasteiger partial charge in [-0.2, -0.15) is 0 Å². The number of pyridine rings is 2. The Kier molecular flexibility index (Phi) is 7.64. The molecule has 0 radical (unpaired) electrons. The minimum absolute atomic E-state index is 0.184. The van der Waals surface area contributed by atoms with Crippen molar-refractivity contribution >= 4 is 40.5 Å². The summed E-state index contributed by atoms with van der Waals surface area (Å²) in [5, 5.41) is 11.0. The van der Waals surface area contributed by atoms with E-state index in [9.17, 15) is 14.7 Å². The van der Waals surface area contributed by atoms with Gasteiger partial charge in [0.25, 0.3) is 5.56 Å². The summed E-state index contributed by atoms with van der Waals surface area (Å²) in [5.74, 6) is 0. The molecule has 1 aromatic carbocycles. The van der Waals surface area contributed by atoms with E-state index in [-0.39, 0.29) is 5.56 Å². The number of nitrogens with zero attached hydrogens (tertiary/aromatic N) is 6. The van der Waals surface area contributed by atoms with E-state index in [1.165, 1.54) is 16.7 Å². The molecule has 1 N–H and O–H groups in total. The van der Waals surface area contributed by atoms with Crippen LogP contribution >= 0.6 is 23.4 Å². The lowest BCUT2D eigenvalue weighted by Crippen LogP contribution is -2.49. The van der Waals surface area contributed by atoms with Crippen molar-refractivity contribution in [2.45, 2.75) is 18.6 Å². The lowest BCUT2D eigenvalue weighted by molar-refractivity contribution is 0.104. The number of carbonyl (C=O) groups is 1. The van der Waals surface area contributed by atoms with Crippen LogP contribution in [0, 0.1) is 6.92 Å². The fraction of sp³-hybridized carbons (Fsp3) is 0.296. The van der Waals surface area contributed by atoms with E-state index in [1.807, 2.05) is 49.6 Å². The maximum absolute atomic E-state index is 13.9. The van der Waals surface area contributed by atoms with Crippen LogP contribution < -0.4 is 5.56 Å². The minimum atomic E-state index is -0.901. The smallest absolute Gasteiger partial charge is 0.407 e. The summed E-state index contributed by atoms with van der Waals surface area (Å²) < 4.78 is 1.68. The van der Waals surface area contributed by atoms with E-state index in [0.29, 0.717) is 66.2 Å². The van der Waals surface area contributed by atoms with E-state index in [2.05, 4.69) is 19.9 Å². The molecular formula is C27H27ClN6O3S. The van der Waals surface area contributed by atoms with Crippen LogP contribution in [0.1, 0.15) is 5.69 Å². The number of fused-ring (bicyclic) bond motifs is 1. The Morgan fingerprint density at radius 2 is 1.84 bits per heavy atom. The molecular weight excluding hydrogens is 524 g/mol. The number of aryl methyl sites for hydroxylation is 1. The molecule has 0 spiro atoms. The maximum atomic E-state index is 13.9. The molecule has 0 aliphatic carbocycles. The molecule has 38 heavy (non-hydrogen) atoms. The topological polar surface area (TPSA) is 104 Å². The van der Waals surface area contributed by atoms with E-state index in [0.717, 1.165) is 22.3 Å². The standard InChI is InChI=1S/C27H27ClN6O3S/c1-17-4-3-5-23(30-17)18-6-7-20(22(28)15-18)21-14-19-16-29-26(38-2)31-24(19)34(25(21)35)13-10-32-8-11-33(12-9-32)27(36)37/h3-7,14-16H,8-13H2,1-2H3,(H,36,37). The largest absolute Gasteiger partial charge is 0.465 e. The van der Waals surface area contributed by atoms with Crippen LogP contribution in [0.3, 0.4) is 0 Å². The Morgan fingerprint density at radius 1 is 1.05 bits per heavy atom. The van der Waals surface area contributed by atoms with Gasteiger partial charge in [-0.15, -0.1) is 0 Å². The van der Waals surface area contributed by atoms with Crippen LogP contribution in [0.4, 0.5) is 4.79 Å². The maximum Gasteiger partial charge on any atom is 0.407 e. The first kappa shape index (κ1) is 26.1. The van der Waals surface area contributed by atoms with Gasteiger partial charge in [0.1, 0.15) is 5.65 Å². The third kappa shape index (κ3) is 5.38. The third-order valence-corrected chi connectivity index (χ3v) is 7.59. The normalized spacial score (nSPS) is 14.2. The third-order valence-electron chi connectivity index (χ3n) is 6.71. The minimum Gasteiger partial charge on any atom is -0.465 e. The van der Waals surface area contributed by atoms with Gasteiger partial charge in [-0.25, -0.2) is 14.8 Å². The van der Waals surface area contributed by atoms with E-state index in [4.69, 9.17) is 11.6 Å². The average molecular weight is 551 g/mol. The Hall–Kier alpha value is -3.47. The average Bonchev–Trinajstić information content (AvgIpc) is 2.92. The molecule has 4 heterocycles. The molecule has 5 rings (SSSR count). The van der Waals surface area contributed by atoms with Gasteiger partial charge in [0.2, 0.25) is 0 Å². The van der Waals surface area contributed by atoms with Crippen LogP contribution in [0.15, 0.2) is 58.6 Å². The van der Waals surface area contributed by atoms with Crippen molar-refractivity contribution in [3.8, 4) is 22.4 Å². The number of halogens is 1. The van der Waals surface area contributed by atoms with Crippen LogP contribution in [0.2, 0.25) is 5.02 Å². The van der Waals surface area contributed by atoms with Gasteiger partial charge in [0.05, 0.1) is 5.69 Å². The number of benzene rings is 1. The summed E-state index contributed by atoms with van der Waals surface area (Å²) in [7, 11) is 0. The molecule has 1 fully saturated rings. The Morgan fingerprint density at radius 3 is 2.53 bits per heavy atom. The molecule has 9 nitrogen and oxygen atoms in total. The van der Waals surface area contributed by atoms with Crippen molar-refractivity contribution in [1.82, 2.24) is 29.3 Å². The number of carboxylic acid groups (broad SMARTS) is 1. The van der Waals surface area contributed by atoms with Gasteiger partial charge in [0.15, 0.2) is 5.16 Å². The lowest BCUT2D eigenvalue weighted by Gasteiger charge is -2.33. The lowest BCUT2D eigenvalue weighted by atomic mass is 10.0. The number of hydrogen-bond acceptors (Lipinski definition) is 7. The van der Waals surface area contributed by atoms with Crippen molar-refractivity contribution in [1.29, 1.82) is 0 Å². The summed E-state index contributed by atoms with van der Waals surface area (Å²) in [6.45, 7) is 5.06. The molecule has 0 atom stereocenters. The zero-order valence-corrected chi connectivity index (χ0v) is 22.7. The molecule has 3 aromatic heterocycles. The van der Waals surface area contributed by atoms with Crippen molar-refractivity contribution < 1.29 is 9.90 Å². The first-order valence-corrected chi connectivity index (χ1v) is 13.8. The summed E-state index contributed by atoms with van der Waals surface area (Å²) in [4.78, 5) is 42.3. The summed E-state index contributed by atoms with van der Waals surface area (Å²) in [5.41, 5.74) is 4.09. The highest BCUT2D eigenvalue weighted by atomic mass is 35.5. The zero-order chi connectivity index (χ0) is 26.8. The Labute approximate surface area is 229 Å². The molecule has 4 aromatic rings. The van der Waals surface area contributed by atoms with Gasteiger partial charge in [-0.05, 0) is 37.4 Å². The SMILES string of the molecule is CSc1ncc2cc(-c3ccc(-c4cccc(C)n4)cc3Cl)c(=O)n(CCN3CCN(C(=O)O)CC3)c2n1. The predicted octanol–water partition coefficient (Wildman–Crippen LogP) is 4.50. The van der Waals surface area contributed by atoms with Crippen molar-refractivity contribution in [2.75, 3.05) is 39.0 Å². The van der Waals surface area contributed by atoms with Gasteiger partial charge in [0, 0.05) is 78.3 Å². The van der Waals surface area contributed by atoms with Gasteiger partial charge in [-0.3, -0.25) is 19.2 Å². The van der Waals surface area contributed by atoms with Crippen LogP contribution in [-0.4, -0.2) is 79.5 Å². The molecule has 11 heteroatoms. The molecule has 196 valence electrons. The van der Waals surface area contributed by atoms with Crippen LogP contribution in [0.25, 0.3) is 33.4 Å². The van der Waals surface area contributed by atoms with Gasteiger partial charge >= 0.3 is 6.09 Å². The van der Waals surface area contributed by atoms with Crippen LogP contribution in [0.5, 0.6) is 0 Å². The molecule has 0 unspecified atom stereocenters. The molecule has 1 aliphatic rings. The molecule has 0 bridgehead atoms. The predicted molar refractivity (Wildman–Crippen MR) is 150 cm³/mol. The van der Waals surface area contributed by atoms with E-state index >= 15 is 0 Å². The highest BCUT2D eigenvalue weighted by molar-refractivity contribution is 7.98. The number of amides is 1. The van der Waals surface area contributed by atoms with E-state index < -0.39 is 6.09 Å². The monoisotopic (exact) mass is 550 g/mol. The second-order valence-corrected chi connectivity index (χ2v) is 10.3. The zero-order valence-electron chi connectivity index (χ0n) is 21.1. The van der Waals surface area contributed by atoms with Crippen molar-refractivity contribution in [3.05, 3.63) is 69.7 Å². The Balaban J connectivity index is 1.51. The quantitative estimate of drug-likeness (QED) is 0.276. The summed E-state index contributed by atoms with van der Waals surface area (Å²) in [6.07, 6.45) is 2.73. The van der Waals surface area contributed by atoms with Crippen molar-refractivity contribution in [2.24, 2.45) is 0 Å². The highest BCUT2D eigenvalue weighted by Gasteiger charge is 2.21. The summed E-state index contributed by atoms with van der Waals surface area (Å²) in [6, 6.07) is 13.2. The number of rotatable bonds is 6. The number of piperazine rings is 1. The van der Waals surface area contributed by atoms with Crippen molar-refractivity contribution in [3.63, 3.8) is 0 Å². The van der Waals surface area contributed by atoms with E-state index in [1.54, 1.807) is 16.8 Å². The van der Waals surface area contributed by atoms with Crippen LogP contribution in [-0.2, 0) is 6.54 Å². The van der Waals surface area contributed by atoms with Gasteiger partial charge < -0.3 is 10.0 Å². The second-order valence-electron chi connectivity index (χ2n) is 9.12. The number of thioether (sulfide) groups is 1. The second kappa shape index (κ2) is 11.1.